The second-order valence-electron chi connectivity index (χ2n) is 7.13. The number of nitrogens with one attached hydrogen (secondary N) is 2. The van der Waals surface area contributed by atoms with Gasteiger partial charge in [-0.1, -0.05) is 30.3 Å². The first-order chi connectivity index (χ1) is 13.3. The highest BCUT2D eigenvalue weighted by Gasteiger charge is 2.34. The van der Waals surface area contributed by atoms with Crippen LogP contribution in [0.2, 0.25) is 0 Å². The molecule has 1 saturated heterocycles. The number of ether oxygens (including phenoxy) is 1. The largest absolute Gasteiger partial charge is 0.370 e. The number of hydrogen-bond acceptors (Lipinski definition) is 4. The van der Waals surface area contributed by atoms with Crippen molar-refractivity contribution < 1.29 is 14.4 Å². The number of quaternary nitrogens is 1. The average molecular weight is 383 g/mol. The number of thiophene rings is 1. The van der Waals surface area contributed by atoms with Gasteiger partial charge in [0.05, 0.1) is 18.8 Å². The van der Waals surface area contributed by atoms with E-state index in [1.165, 1.54) is 9.78 Å². The molecule has 1 amide bonds. The maximum Gasteiger partial charge on any atom is 0.288 e. The Morgan fingerprint density at radius 1 is 1.19 bits per heavy atom. The van der Waals surface area contributed by atoms with Crippen LogP contribution in [0.25, 0.3) is 0 Å². The van der Waals surface area contributed by atoms with Crippen LogP contribution in [0, 0.1) is 11.3 Å². The van der Waals surface area contributed by atoms with Crippen molar-refractivity contribution in [2.45, 2.75) is 31.7 Å². The molecule has 1 aliphatic heterocycles. The number of rotatable bonds is 4. The molecule has 2 N–H and O–H groups in total. The number of morpholine rings is 1. The Hall–Kier alpha value is -2.20. The van der Waals surface area contributed by atoms with Crippen molar-refractivity contribution in [2.24, 2.45) is 0 Å². The second kappa shape index (κ2) is 8.22. The van der Waals surface area contributed by atoms with Gasteiger partial charge < -0.3 is 15.0 Å². The van der Waals surface area contributed by atoms with Crippen molar-refractivity contribution >= 4 is 22.2 Å². The number of aryl methyl sites for hydroxylation is 1. The fraction of sp³-hybridized carbons (Fsp3) is 0.429. The summed E-state index contributed by atoms with van der Waals surface area (Å²) in [5.74, 6) is -0.0341. The summed E-state index contributed by atoms with van der Waals surface area (Å²) in [6, 6.07) is 12.0. The summed E-state index contributed by atoms with van der Waals surface area (Å²) < 4.78 is 5.48. The normalized spacial score (nSPS) is 18.3. The molecule has 4 rings (SSSR count). The molecule has 2 heterocycles. The van der Waals surface area contributed by atoms with Gasteiger partial charge in [-0.05, 0) is 31.2 Å². The Bertz CT molecular complexity index is 850. The van der Waals surface area contributed by atoms with Crippen molar-refractivity contribution in [3.8, 4) is 6.07 Å². The SMILES string of the molecule is N#Cc1c(NC(=O)[C@H](c2ccccc2)[NH+]2CCOCC2)sc2c1CCCC2. The highest BCUT2D eigenvalue weighted by atomic mass is 32.1. The lowest BCUT2D eigenvalue weighted by molar-refractivity contribution is -0.929. The molecule has 1 aliphatic carbocycles. The molecule has 2 aromatic rings. The summed E-state index contributed by atoms with van der Waals surface area (Å²) in [5, 5.41) is 13.5. The molecule has 1 atom stereocenters. The summed E-state index contributed by atoms with van der Waals surface area (Å²) in [6.07, 6.45) is 4.25. The minimum atomic E-state index is -0.291. The van der Waals surface area contributed by atoms with Crippen molar-refractivity contribution in [1.29, 1.82) is 5.26 Å². The van der Waals surface area contributed by atoms with Crippen molar-refractivity contribution in [1.82, 2.24) is 0 Å². The predicted molar refractivity (Wildman–Crippen MR) is 105 cm³/mol. The number of carbonyl (C=O) groups excluding carboxylic acids is 1. The number of nitriles is 1. The van der Waals surface area contributed by atoms with Crippen molar-refractivity contribution in [2.75, 3.05) is 31.6 Å². The van der Waals surface area contributed by atoms with E-state index in [0.29, 0.717) is 18.8 Å². The molecule has 1 fully saturated rings. The minimum absolute atomic E-state index is 0.0341. The number of nitrogens with zero attached hydrogens (tertiary/aromatic N) is 1. The number of anilines is 1. The fourth-order valence-electron chi connectivity index (χ4n) is 4.10. The van der Waals surface area contributed by atoms with Crippen LogP contribution >= 0.6 is 11.3 Å². The van der Waals surface area contributed by atoms with E-state index >= 15 is 0 Å². The van der Waals surface area contributed by atoms with Gasteiger partial charge in [-0.15, -0.1) is 11.3 Å². The van der Waals surface area contributed by atoms with Gasteiger partial charge in [0.2, 0.25) is 0 Å². The van der Waals surface area contributed by atoms with Crippen molar-refractivity contribution in [3.05, 3.63) is 51.9 Å². The van der Waals surface area contributed by atoms with E-state index in [9.17, 15) is 10.1 Å². The molecule has 2 aliphatic rings. The van der Waals surface area contributed by atoms with Gasteiger partial charge in [0.25, 0.3) is 5.91 Å². The Morgan fingerprint density at radius 3 is 2.67 bits per heavy atom. The van der Waals surface area contributed by atoms with E-state index in [1.54, 1.807) is 11.3 Å². The lowest BCUT2D eigenvalue weighted by Gasteiger charge is -2.30. The van der Waals surface area contributed by atoms with E-state index in [-0.39, 0.29) is 11.9 Å². The van der Waals surface area contributed by atoms with E-state index < -0.39 is 0 Å². The van der Waals surface area contributed by atoms with Gasteiger partial charge >= 0.3 is 0 Å². The first kappa shape index (κ1) is 18.2. The predicted octanol–water partition coefficient (Wildman–Crippen LogP) is 2.09. The molecule has 1 aromatic heterocycles. The zero-order chi connectivity index (χ0) is 18.6. The van der Waals surface area contributed by atoms with E-state index in [1.807, 2.05) is 30.3 Å². The van der Waals surface area contributed by atoms with Gasteiger partial charge in [0.15, 0.2) is 6.04 Å². The average Bonchev–Trinajstić information content (AvgIpc) is 3.06. The minimum Gasteiger partial charge on any atom is -0.370 e. The molecule has 0 saturated carbocycles. The number of carbonyl (C=O) groups is 1. The molecule has 140 valence electrons. The zero-order valence-electron chi connectivity index (χ0n) is 15.3. The van der Waals surface area contributed by atoms with Crippen LogP contribution in [0.15, 0.2) is 30.3 Å². The molecule has 0 spiro atoms. The molecule has 0 bridgehead atoms. The highest BCUT2D eigenvalue weighted by Crippen LogP contribution is 2.37. The molecule has 5 nitrogen and oxygen atoms in total. The smallest absolute Gasteiger partial charge is 0.288 e. The Morgan fingerprint density at radius 2 is 1.93 bits per heavy atom. The summed E-state index contributed by atoms with van der Waals surface area (Å²) in [7, 11) is 0. The van der Waals surface area contributed by atoms with Crippen LogP contribution in [-0.2, 0) is 22.4 Å². The molecule has 1 aromatic carbocycles. The van der Waals surface area contributed by atoms with E-state index in [2.05, 4.69) is 11.4 Å². The van der Waals surface area contributed by atoms with E-state index in [0.717, 1.165) is 54.9 Å². The van der Waals surface area contributed by atoms with E-state index in [4.69, 9.17) is 4.74 Å². The molecule has 0 unspecified atom stereocenters. The van der Waals surface area contributed by atoms with Gasteiger partial charge in [-0.2, -0.15) is 5.26 Å². The van der Waals surface area contributed by atoms with Crippen LogP contribution in [0.5, 0.6) is 0 Å². The number of benzene rings is 1. The third-order valence-corrected chi connectivity index (χ3v) is 6.67. The molecular formula is C21H24N3O2S+. The monoisotopic (exact) mass is 382 g/mol. The first-order valence-corrected chi connectivity index (χ1v) is 10.4. The number of amides is 1. The topological polar surface area (TPSA) is 66.6 Å². The molecule has 0 radical (unpaired) electrons. The summed E-state index contributed by atoms with van der Waals surface area (Å²) in [4.78, 5) is 15.8. The van der Waals surface area contributed by atoms with Gasteiger partial charge in [0.1, 0.15) is 24.2 Å². The summed E-state index contributed by atoms with van der Waals surface area (Å²) in [6.45, 7) is 2.95. The zero-order valence-corrected chi connectivity index (χ0v) is 16.1. The van der Waals surface area contributed by atoms with Crippen LogP contribution in [-0.4, -0.2) is 32.2 Å². The van der Waals surface area contributed by atoms with Crippen molar-refractivity contribution in [3.63, 3.8) is 0 Å². The third kappa shape index (κ3) is 3.77. The second-order valence-corrected chi connectivity index (χ2v) is 8.24. The fourth-order valence-corrected chi connectivity index (χ4v) is 5.34. The summed E-state index contributed by atoms with van der Waals surface area (Å²) in [5.41, 5.74) is 2.83. The van der Waals surface area contributed by atoms with Gasteiger partial charge in [-0.25, -0.2) is 0 Å². The summed E-state index contributed by atoms with van der Waals surface area (Å²) >= 11 is 1.59. The van der Waals surface area contributed by atoms with Gasteiger partial charge in [0, 0.05) is 10.4 Å². The molecule has 27 heavy (non-hydrogen) atoms. The maximum absolute atomic E-state index is 13.3. The first-order valence-electron chi connectivity index (χ1n) is 9.60. The van der Waals surface area contributed by atoms with Gasteiger partial charge in [-0.3, -0.25) is 4.79 Å². The quantitative estimate of drug-likeness (QED) is 0.851. The lowest BCUT2D eigenvalue weighted by atomic mass is 9.96. The van der Waals surface area contributed by atoms with Crippen LogP contribution in [0.4, 0.5) is 5.00 Å². The Balaban J connectivity index is 1.63. The third-order valence-electron chi connectivity index (χ3n) is 5.46. The van der Waals surface area contributed by atoms with Crippen LogP contribution in [0.1, 0.15) is 40.5 Å². The Labute approximate surface area is 163 Å². The molecular weight excluding hydrogens is 358 g/mol. The van der Waals surface area contributed by atoms with Crippen LogP contribution in [0.3, 0.4) is 0 Å². The number of fused-ring (bicyclic) bond motifs is 1. The highest BCUT2D eigenvalue weighted by molar-refractivity contribution is 7.16. The maximum atomic E-state index is 13.3. The lowest BCUT2D eigenvalue weighted by Crippen LogP contribution is -3.15. The van der Waals surface area contributed by atoms with Crippen LogP contribution < -0.4 is 10.2 Å². The standard InChI is InChI=1S/C21H23N3O2S/c22-14-17-16-8-4-5-9-18(16)27-21(17)23-20(25)19(15-6-2-1-3-7-15)24-10-12-26-13-11-24/h1-3,6-7,19H,4-5,8-13H2,(H,23,25)/p+1/t19-/m0/s1. The number of hydrogen-bond donors (Lipinski definition) is 2. The Kier molecular flexibility index (Phi) is 5.53. The molecule has 6 heteroatoms.